The Hall–Kier alpha value is -3.67. The molecular formula is C24H21N3O4S. The van der Waals surface area contributed by atoms with Crippen LogP contribution >= 0.6 is 0 Å². The van der Waals surface area contributed by atoms with E-state index in [-0.39, 0.29) is 37.0 Å². The van der Waals surface area contributed by atoms with Crippen molar-refractivity contribution in [3.05, 3.63) is 90.0 Å². The fraction of sp³-hybridized carbons (Fsp3) is 0.167. The Morgan fingerprint density at radius 2 is 1.50 bits per heavy atom. The first-order valence-corrected chi connectivity index (χ1v) is 11.5. The summed E-state index contributed by atoms with van der Waals surface area (Å²) in [6.45, 7) is 0.985. The summed E-state index contributed by atoms with van der Waals surface area (Å²) in [6, 6.07) is 24.1. The predicted molar refractivity (Wildman–Crippen MR) is 119 cm³/mol. The second kappa shape index (κ2) is 9.22. The first-order chi connectivity index (χ1) is 15.5. The number of hydrogen-bond donors (Lipinski definition) is 0. The van der Waals surface area contributed by atoms with Gasteiger partial charge in [-0.15, -0.1) is 0 Å². The van der Waals surface area contributed by atoms with E-state index in [9.17, 15) is 13.2 Å². The van der Waals surface area contributed by atoms with Gasteiger partial charge < -0.3 is 9.64 Å². The summed E-state index contributed by atoms with van der Waals surface area (Å²) in [7, 11) is -3.68. The number of amides is 1. The van der Waals surface area contributed by atoms with E-state index in [0.717, 1.165) is 0 Å². The molecule has 0 spiro atoms. The van der Waals surface area contributed by atoms with Crippen molar-refractivity contribution in [2.45, 2.75) is 4.90 Å². The molecule has 4 rings (SSSR count). The molecule has 7 nitrogen and oxygen atoms in total. The molecule has 8 heteroatoms. The molecule has 3 aromatic carbocycles. The molecule has 3 aromatic rings. The number of hydrogen-bond acceptors (Lipinski definition) is 5. The van der Waals surface area contributed by atoms with Gasteiger partial charge in [-0.05, 0) is 54.6 Å². The number of nitriles is 1. The topological polar surface area (TPSA) is 90.7 Å². The maximum atomic E-state index is 13.0. The lowest BCUT2D eigenvalue weighted by Crippen LogP contribution is -2.50. The number of para-hydroxylation sites is 1. The molecule has 0 N–H and O–H groups in total. The van der Waals surface area contributed by atoms with Gasteiger partial charge in [0.25, 0.3) is 5.91 Å². The Bertz CT molecular complexity index is 1240. The molecule has 0 atom stereocenters. The van der Waals surface area contributed by atoms with Crippen molar-refractivity contribution in [1.82, 2.24) is 9.21 Å². The minimum atomic E-state index is -3.68. The van der Waals surface area contributed by atoms with Gasteiger partial charge in [-0.2, -0.15) is 9.57 Å². The van der Waals surface area contributed by atoms with Gasteiger partial charge in [-0.3, -0.25) is 4.79 Å². The third kappa shape index (κ3) is 4.64. The van der Waals surface area contributed by atoms with E-state index in [1.807, 2.05) is 36.4 Å². The molecule has 1 heterocycles. The lowest BCUT2D eigenvalue weighted by molar-refractivity contribution is 0.0697. The highest BCUT2D eigenvalue weighted by atomic mass is 32.2. The number of carbonyl (C=O) groups excluding carboxylic acids is 1. The normalized spacial score (nSPS) is 14.5. The average Bonchev–Trinajstić information content (AvgIpc) is 2.84. The van der Waals surface area contributed by atoms with Crippen molar-refractivity contribution in [1.29, 1.82) is 5.26 Å². The molecule has 0 saturated carbocycles. The molecule has 1 saturated heterocycles. The number of rotatable bonds is 5. The van der Waals surface area contributed by atoms with E-state index < -0.39 is 10.0 Å². The lowest BCUT2D eigenvalue weighted by atomic mass is 10.1. The molecule has 32 heavy (non-hydrogen) atoms. The maximum absolute atomic E-state index is 13.0. The maximum Gasteiger partial charge on any atom is 0.254 e. The summed E-state index contributed by atoms with van der Waals surface area (Å²) < 4.78 is 32.9. The first kappa shape index (κ1) is 21.6. The monoisotopic (exact) mass is 447 g/mol. The number of benzene rings is 3. The summed E-state index contributed by atoms with van der Waals surface area (Å²) in [4.78, 5) is 14.8. The van der Waals surface area contributed by atoms with Crippen LogP contribution in [0.5, 0.6) is 11.5 Å². The highest BCUT2D eigenvalue weighted by molar-refractivity contribution is 7.89. The zero-order valence-corrected chi connectivity index (χ0v) is 18.0. The summed E-state index contributed by atoms with van der Waals surface area (Å²) >= 11 is 0. The van der Waals surface area contributed by atoms with Crippen LogP contribution in [0, 0.1) is 11.3 Å². The third-order valence-corrected chi connectivity index (χ3v) is 7.12. The number of piperazine rings is 1. The van der Waals surface area contributed by atoms with Crippen molar-refractivity contribution in [3.63, 3.8) is 0 Å². The third-order valence-electron chi connectivity index (χ3n) is 5.21. The van der Waals surface area contributed by atoms with E-state index in [1.165, 1.54) is 28.6 Å². The summed E-state index contributed by atoms with van der Waals surface area (Å²) in [6.07, 6.45) is 0. The van der Waals surface area contributed by atoms with Gasteiger partial charge in [0, 0.05) is 31.7 Å². The molecule has 1 aliphatic heterocycles. The van der Waals surface area contributed by atoms with Crippen LogP contribution in [-0.2, 0) is 10.0 Å². The van der Waals surface area contributed by atoms with Crippen LogP contribution in [-0.4, -0.2) is 49.7 Å². The zero-order valence-electron chi connectivity index (χ0n) is 17.2. The van der Waals surface area contributed by atoms with Crippen LogP contribution in [0.25, 0.3) is 0 Å². The van der Waals surface area contributed by atoms with E-state index in [2.05, 4.69) is 0 Å². The van der Waals surface area contributed by atoms with E-state index in [4.69, 9.17) is 10.00 Å². The van der Waals surface area contributed by atoms with Crippen LogP contribution in [0.15, 0.2) is 83.8 Å². The zero-order chi connectivity index (χ0) is 22.6. The van der Waals surface area contributed by atoms with Crippen molar-refractivity contribution >= 4 is 15.9 Å². The fourth-order valence-electron chi connectivity index (χ4n) is 3.48. The van der Waals surface area contributed by atoms with Gasteiger partial charge in [0.05, 0.1) is 16.5 Å². The summed E-state index contributed by atoms with van der Waals surface area (Å²) in [5.74, 6) is 1.07. The SMILES string of the molecule is N#Cc1ccc(S(=O)(=O)N2CCN(C(=O)c3cccc(Oc4ccccc4)c3)CC2)cc1. The fourth-order valence-corrected chi connectivity index (χ4v) is 4.90. The van der Waals surface area contributed by atoms with Crippen LogP contribution < -0.4 is 4.74 Å². The minimum Gasteiger partial charge on any atom is -0.457 e. The Morgan fingerprint density at radius 3 is 2.16 bits per heavy atom. The first-order valence-electron chi connectivity index (χ1n) is 10.1. The van der Waals surface area contributed by atoms with E-state index in [1.54, 1.807) is 29.2 Å². The largest absolute Gasteiger partial charge is 0.457 e. The Balaban J connectivity index is 1.41. The predicted octanol–water partition coefficient (Wildman–Crippen LogP) is 3.50. The van der Waals surface area contributed by atoms with E-state index in [0.29, 0.717) is 22.6 Å². The molecular weight excluding hydrogens is 426 g/mol. The van der Waals surface area contributed by atoms with Gasteiger partial charge in [0.2, 0.25) is 10.0 Å². The van der Waals surface area contributed by atoms with Crippen molar-refractivity contribution in [2.75, 3.05) is 26.2 Å². The molecule has 0 bridgehead atoms. The molecule has 0 unspecified atom stereocenters. The summed E-state index contributed by atoms with van der Waals surface area (Å²) in [5, 5.41) is 8.89. The molecule has 1 amide bonds. The molecule has 1 aliphatic rings. The van der Waals surface area contributed by atoms with Crippen molar-refractivity contribution in [2.24, 2.45) is 0 Å². The van der Waals surface area contributed by atoms with Crippen LogP contribution in [0.4, 0.5) is 0 Å². The Labute approximate surface area is 187 Å². The second-order valence-electron chi connectivity index (χ2n) is 7.28. The highest BCUT2D eigenvalue weighted by Crippen LogP contribution is 2.23. The highest BCUT2D eigenvalue weighted by Gasteiger charge is 2.30. The molecule has 1 fully saturated rings. The van der Waals surface area contributed by atoms with Crippen LogP contribution in [0.3, 0.4) is 0 Å². The van der Waals surface area contributed by atoms with Crippen molar-refractivity contribution in [3.8, 4) is 17.6 Å². The molecule has 162 valence electrons. The van der Waals surface area contributed by atoms with Gasteiger partial charge in [0.1, 0.15) is 11.5 Å². The number of nitrogens with zero attached hydrogens (tertiary/aromatic N) is 3. The molecule has 0 aromatic heterocycles. The standard InChI is InChI=1S/C24H21N3O4S/c25-18-19-9-11-23(12-10-19)32(29,30)27-15-13-26(14-16-27)24(28)20-5-4-8-22(17-20)31-21-6-2-1-3-7-21/h1-12,17H,13-16H2. The van der Waals surface area contributed by atoms with E-state index >= 15 is 0 Å². The van der Waals surface area contributed by atoms with Gasteiger partial charge in [0.15, 0.2) is 0 Å². The van der Waals surface area contributed by atoms with Crippen LogP contribution in [0.1, 0.15) is 15.9 Å². The van der Waals surface area contributed by atoms with Gasteiger partial charge >= 0.3 is 0 Å². The summed E-state index contributed by atoms with van der Waals surface area (Å²) in [5.41, 5.74) is 0.889. The van der Waals surface area contributed by atoms with Gasteiger partial charge in [-0.25, -0.2) is 8.42 Å². The molecule has 0 aliphatic carbocycles. The van der Waals surface area contributed by atoms with Crippen molar-refractivity contribution < 1.29 is 17.9 Å². The van der Waals surface area contributed by atoms with Gasteiger partial charge in [-0.1, -0.05) is 24.3 Å². The van der Waals surface area contributed by atoms with Crippen LogP contribution in [0.2, 0.25) is 0 Å². The second-order valence-corrected chi connectivity index (χ2v) is 9.21. The lowest BCUT2D eigenvalue weighted by Gasteiger charge is -2.34. The Morgan fingerprint density at radius 1 is 0.844 bits per heavy atom. The number of carbonyl (C=O) groups is 1. The quantitative estimate of drug-likeness (QED) is 0.597. The minimum absolute atomic E-state index is 0.141. The molecule has 0 radical (unpaired) electrons. The number of ether oxygens (including phenoxy) is 1. The smallest absolute Gasteiger partial charge is 0.254 e. The average molecular weight is 448 g/mol. The Kier molecular flexibility index (Phi) is 6.21. The number of sulfonamides is 1.